The largest absolute Gasteiger partial charge is 0.369 e. The van der Waals surface area contributed by atoms with Gasteiger partial charge in [0.1, 0.15) is 11.6 Å². The molecule has 0 amide bonds. The first kappa shape index (κ1) is 12.1. The Bertz CT molecular complexity index is 489. The number of nitrogens with one attached hydrogen (secondary N) is 2. The Balaban J connectivity index is 1.98. The van der Waals surface area contributed by atoms with Gasteiger partial charge in [-0.05, 0) is 25.0 Å². The highest BCUT2D eigenvalue weighted by molar-refractivity contribution is 7.92. The molecule has 1 aromatic rings. The van der Waals surface area contributed by atoms with Crippen LogP contribution in [0.1, 0.15) is 12.8 Å². The van der Waals surface area contributed by atoms with Gasteiger partial charge in [0.15, 0.2) is 9.84 Å². The maximum atomic E-state index is 11.6. The summed E-state index contributed by atoms with van der Waals surface area (Å²) in [7, 11) is -2.90. The van der Waals surface area contributed by atoms with Crippen LogP contribution in [-0.2, 0) is 9.84 Å². The molecule has 17 heavy (non-hydrogen) atoms. The van der Waals surface area contributed by atoms with Crippen LogP contribution in [0.2, 0.25) is 0 Å². The van der Waals surface area contributed by atoms with Gasteiger partial charge in [-0.3, -0.25) is 0 Å². The second kappa shape index (κ2) is 4.89. The summed E-state index contributed by atoms with van der Waals surface area (Å²) < 4.78 is 23.2. The van der Waals surface area contributed by atoms with Crippen molar-refractivity contribution >= 4 is 21.5 Å². The zero-order valence-corrected chi connectivity index (χ0v) is 10.2. The molecule has 1 unspecified atom stereocenters. The number of rotatable bonds is 4. The van der Waals surface area contributed by atoms with Crippen molar-refractivity contribution in [1.82, 2.24) is 4.98 Å². The number of nitrogen functional groups attached to an aromatic ring is 1. The van der Waals surface area contributed by atoms with Crippen molar-refractivity contribution in [1.29, 1.82) is 0 Å². The zero-order chi connectivity index (χ0) is 12.3. The van der Waals surface area contributed by atoms with Gasteiger partial charge >= 0.3 is 0 Å². The molecular formula is C10H16N4O2S. The smallest absolute Gasteiger partial charge is 0.154 e. The van der Waals surface area contributed by atoms with Crippen LogP contribution < -0.4 is 16.6 Å². The zero-order valence-electron chi connectivity index (χ0n) is 9.39. The molecular weight excluding hydrogens is 240 g/mol. The molecule has 1 aliphatic heterocycles. The molecule has 2 heterocycles. The summed E-state index contributed by atoms with van der Waals surface area (Å²) >= 11 is 0. The molecule has 7 heteroatoms. The Morgan fingerprint density at radius 1 is 1.41 bits per heavy atom. The highest BCUT2D eigenvalue weighted by Crippen LogP contribution is 2.20. The quantitative estimate of drug-likeness (QED) is 0.531. The molecule has 0 bridgehead atoms. The van der Waals surface area contributed by atoms with Crippen molar-refractivity contribution in [2.45, 2.75) is 18.1 Å². The minimum absolute atomic E-state index is 0.293. The SMILES string of the molecule is NNc1cccc(NCC2CCCS2(=O)=O)n1. The van der Waals surface area contributed by atoms with E-state index in [2.05, 4.69) is 15.7 Å². The van der Waals surface area contributed by atoms with Crippen LogP contribution in [0.5, 0.6) is 0 Å². The number of anilines is 2. The van der Waals surface area contributed by atoms with Gasteiger partial charge in [0.25, 0.3) is 0 Å². The van der Waals surface area contributed by atoms with Gasteiger partial charge < -0.3 is 10.7 Å². The molecule has 0 radical (unpaired) electrons. The van der Waals surface area contributed by atoms with Gasteiger partial charge in [-0.15, -0.1) is 0 Å². The molecule has 1 fully saturated rings. The van der Waals surface area contributed by atoms with E-state index in [0.717, 1.165) is 12.8 Å². The molecule has 1 aliphatic rings. The number of sulfone groups is 1. The summed E-state index contributed by atoms with van der Waals surface area (Å²) in [5, 5.41) is 2.74. The number of nitrogens with two attached hydrogens (primary N) is 1. The van der Waals surface area contributed by atoms with E-state index in [4.69, 9.17) is 5.84 Å². The maximum Gasteiger partial charge on any atom is 0.154 e. The minimum Gasteiger partial charge on any atom is -0.369 e. The molecule has 6 nitrogen and oxygen atoms in total. The van der Waals surface area contributed by atoms with Crippen molar-refractivity contribution in [3.63, 3.8) is 0 Å². The van der Waals surface area contributed by atoms with E-state index in [1.165, 1.54) is 0 Å². The first-order chi connectivity index (χ1) is 8.12. The summed E-state index contributed by atoms with van der Waals surface area (Å²) in [4.78, 5) is 4.16. The van der Waals surface area contributed by atoms with Crippen molar-refractivity contribution in [3.05, 3.63) is 18.2 Å². The average Bonchev–Trinajstić information content (AvgIpc) is 2.66. The summed E-state index contributed by atoms with van der Waals surface area (Å²) in [5.74, 6) is 6.72. The predicted octanol–water partition coefficient (Wildman–Crippen LogP) is 0.356. The molecule has 1 saturated heterocycles. The van der Waals surface area contributed by atoms with Crippen molar-refractivity contribution in [2.75, 3.05) is 23.0 Å². The number of nitrogens with zero attached hydrogens (tertiary/aromatic N) is 1. The van der Waals surface area contributed by atoms with Gasteiger partial charge in [-0.2, -0.15) is 0 Å². The Morgan fingerprint density at radius 2 is 2.18 bits per heavy atom. The van der Waals surface area contributed by atoms with Crippen LogP contribution in [0.3, 0.4) is 0 Å². The van der Waals surface area contributed by atoms with E-state index in [0.29, 0.717) is 23.9 Å². The number of aromatic nitrogens is 1. The lowest BCUT2D eigenvalue weighted by Gasteiger charge is -2.11. The van der Waals surface area contributed by atoms with Crippen LogP contribution in [-0.4, -0.2) is 30.9 Å². The molecule has 2 rings (SSSR count). The molecule has 0 saturated carbocycles. The van der Waals surface area contributed by atoms with Crippen molar-refractivity contribution in [2.24, 2.45) is 5.84 Å². The summed E-state index contributed by atoms with van der Waals surface area (Å²) in [5.41, 5.74) is 2.44. The van der Waals surface area contributed by atoms with Gasteiger partial charge in [0, 0.05) is 6.54 Å². The lowest BCUT2D eigenvalue weighted by atomic mass is 10.2. The lowest BCUT2D eigenvalue weighted by molar-refractivity contribution is 0.591. The number of hydrogen-bond acceptors (Lipinski definition) is 6. The molecule has 0 aromatic carbocycles. The molecule has 1 atom stereocenters. The van der Waals surface area contributed by atoms with E-state index in [9.17, 15) is 8.42 Å². The predicted molar refractivity (Wildman–Crippen MR) is 67.3 cm³/mol. The fourth-order valence-electron chi connectivity index (χ4n) is 1.92. The minimum atomic E-state index is -2.90. The summed E-state index contributed by atoms with van der Waals surface area (Å²) in [6.45, 7) is 0.406. The van der Waals surface area contributed by atoms with E-state index in [1.807, 2.05) is 0 Å². The van der Waals surface area contributed by atoms with E-state index in [1.54, 1.807) is 18.2 Å². The third-order valence-electron chi connectivity index (χ3n) is 2.87. The Labute approximate surface area is 101 Å². The first-order valence-electron chi connectivity index (χ1n) is 5.51. The second-order valence-corrected chi connectivity index (χ2v) is 6.47. The van der Waals surface area contributed by atoms with Crippen LogP contribution in [0.15, 0.2) is 18.2 Å². The number of pyridine rings is 1. The van der Waals surface area contributed by atoms with Gasteiger partial charge in [0.05, 0.1) is 11.0 Å². The lowest BCUT2D eigenvalue weighted by Crippen LogP contribution is -2.25. The molecule has 4 N–H and O–H groups in total. The number of hydrazine groups is 1. The van der Waals surface area contributed by atoms with Crippen molar-refractivity contribution in [3.8, 4) is 0 Å². The highest BCUT2D eigenvalue weighted by Gasteiger charge is 2.30. The fourth-order valence-corrected chi connectivity index (χ4v) is 3.68. The molecule has 1 aromatic heterocycles. The molecule has 94 valence electrons. The Hall–Kier alpha value is -1.34. The molecule has 0 spiro atoms. The van der Waals surface area contributed by atoms with Crippen LogP contribution >= 0.6 is 0 Å². The Kier molecular flexibility index (Phi) is 3.49. The topological polar surface area (TPSA) is 97.1 Å². The fraction of sp³-hybridized carbons (Fsp3) is 0.500. The highest BCUT2D eigenvalue weighted by atomic mass is 32.2. The van der Waals surface area contributed by atoms with Gasteiger partial charge in [0.2, 0.25) is 0 Å². The van der Waals surface area contributed by atoms with Crippen LogP contribution in [0, 0.1) is 0 Å². The van der Waals surface area contributed by atoms with Gasteiger partial charge in [-0.1, -0.05) is 6.07 Å². The van der Waals surface area contributed by atoms with Crippen molar-refractivity contribution < 1.29 is 8.42 Å². The number of hydrogen-bond donors (Lipinski definition) is 3. The third kappa shape index (κ3) is 2.86. The van der Waals surface area contributed by atoms with Gasteiger partial charge in [-0.25, -0.2) is 19.2 Å². The maximum absolute atomic E-state index is 11.6. The normalized spacial score (nSPS) is 22.3. The second-order valence-electron chi connectivity index (χ2n) is 4.06. The third-order valence-corrected chi connectivity index (χ3v) is 5.15. The summed E-state index contributed by atoms with van der Waals surface area (Å²) in [6, 6.07) is 5.31. The van der Waals surface area contributed by atoms with E-state index < -0.39 is 9.84 Å². The average molecular weight is 256 g/mol. The monoisotopic (exact) mass is 256 g/mol. The molecule has 0 aliphatic carbocycles. The van der Waals surface area contributed by atoms with E-state index >= 15 is 0 Å². The standard InChI is InChI=1S/C10H16N4O2S/c11-14-10-5-1-4-9(13-10)12-7-8-3-2-6-17(8,15)16/h1,4-5,8H,2-3,6-7,11H2,(H2,12,13,14). The van der Waals surface area contributed by atoms with Crippen LogP contribution in [0.4, 0.5) is 11.6 Å². The summed E-state index contributed by atoms with van der Waals surface area (Å²) in [6.07, 6.45) is 1.48. The first-order valence-corrected chi connectivity index (χ1v) is 7.22. The van der Waals surface area contributed by atoms with Crippen LogP contribution in [0.25, 0.3) is 0 Å². The van der Waals surface area contributed by atoms with E-state index in [-0.39, 0.29) is 5.25 Å². The Morgan fingerprint density at radius 3 is 2.82 bits per heavy atom.